The van der Waals surface area contributed by atoms with Crippen LogP contribution in [0.1, 0.15) is 57.6 Å². The van der Waals surface area contributed by atoms with Crippen LogP contribution in [-0.4, -0.2) is 12.6 Å². The molecule has 1 aliphatic rings. The predicted octanol–water partition coefficient (Wildman–Crippen LogP) is 4.98. The van der Waals surface area contributed by atoms with Crippen LogP contribution in [0.3, 0.4) is 0 Å². The van der Waals surface area contributed by atoms with E-state index >= 15 is 0 Å². The molecule has 2 rings (SSSR count). The molecular formula is C20H33N. The van der Waals surface area contributed by atoms with Crippen molar-refractivity contribution in [3.8, 4) is 0 Å². The molecule has 0 aliphatic heterocycles. The van der Waals surface area contributed by atoms with Crippen molar-refractivity contribution in [3.63, 3.8) is 0 Å². The van der Waals surface area contributed by atoms with E-state index < -0.39 is 0 Å². The summed E-state index contributed by atoms with van der Waals surface area (Å²) in [6, 6.07) is 9.89. The summed E-state index contributed by atoms with van der Waals surface area (Å²) in [5, 5.41) is 3.81. The maximum Gasteiger partial charge on any atom is 0.00987 e. The van der Waals surface area contributed by atoms with Gasteiger partial charge in [-0.05, 0) is 68.9 Å². The first kappa shape index (κ1) is 16.5. The highest BCUT2D eigenvalue weighted by Gasteiger charge is 2.31. The minimum absolute atomic E-state index is 0.723. The Morgan fingerprint density at radius 2 is 1.86 bits per heavy atom. The molecule has 1 fully saturated rings. The van der Waals surface area contributed by atoms with Crippen molar-refractivity contribution in [2.45, 2.75) is 65.8 Å². The van der Waals surface area contributed by atoms with E-state index in [9.17, 15) is 0 Å². The monoisotopic (exact) mass is 287 g/mol. The molecule has 0 amide bonds. The van der Waals surface area contributed by atoms with Gasteiger partial charge < -0.3 is 5.32 Å². The van der Waals surface area contributed by atoms with Gasteiger partial charge in [-0.15, -0.1) is 0 Å². The summed E-state index contributed by atoms with van der Waals surface area (Å²) in [5.41, 5.74) is 2.88. The lowest BCUT2D eigenvalue weighted by molar-refractivity contribution is 0.167. The van der Waals surface area contributed by atoms with Gasteiger partial charge >= 0.3 is 0 Å². The second-order valence-corrected chi connectivity index (χ2v) is 7.33. The Bertz CT molecular complexity index is 406. The van der Waals surface area contributed by atoms with Gasteiger partial charge in [-0.1, -0.05) is 50.6 Å². The fraction of sp³-hybridized carbons (Fsp3) is 0.700. The van der Waals surface area contributed by atoms with Crippen molar-refractivity contribution in [1.82, 2.24) is 5.32 Å². The molecule has 3 unspecified atom stereocenters. The second-order valence-electron chi connectivity index (χ2n) is 7.33. The van der Waals surface area contributed by atoms with E-state index in [1.54, 1.807) is 0 Å². The van der Waals surface area contributed by atoms with E-state index in [1.807, 2.05) is 0 Å². The van der Waals surface area contributed by atoms with Crippen LogP contribution in [0, 0.1) is 24.7 Å². The molecule has 0 radical (unpaired) electrons. The molecule has 0 spiro atoms. The van der Waals surface area contributed by atoms with Crippen LogP contribution in [0.25, 0.3) is 0 Å². The molecule has 0 heterocycles. The van der Waals surface area contributed by atoms with Gasteiger partial charge in [0.1, 0.15) is 0 Å². The Morgan fingerprint density at radius 3 is 2.48 bits per heavy atom. The highest BCUT2D eigenvalue weighted by molar-refractivity contribution is 5.22. The molecule has 1 saturated carbocycles. The summed E-state index contributed by atoms with van der Waals surface area (Å²) in [6.45, 7) is 10.4. The van der Waals surface area contributed by atoms with Crippen molar-refractivity contribution < 1.29 is 0 Å². The molecule has 0 saturated heterocycles. The normalized spacial score (nSPS) is 26.2. The van der Waals surface area contributed by atoms with Gasteiger partial charge in [0, 0.05) is 6.04 Å². The zero-order valence-corrected chi connectivity index (χ0v) is 14.4. The average molecular weight is 287 g/mol. The van der Waals surface area contributed by atoms with Gasteiger partial charge in [0.05, 0.1) is 0 Å². The van der Waals surface area contributed by atoms with Crippen molar-refractivity contribution in [3.05, 3.63) is 35.4 Å². The Kier molecular flexibility index (Phi) is 6.29. The van der Waals surface area contributed by atoms with E-state index in [0.29, 0.717) is 0 Å². The lowest BCUT2D eigenvalue weighted by Gasteiger charge is -2.38. The molecule has 0 aromatic heterocycles. The SMILES string of the molecule is CCCNC1CCC(C(C)C)CC1Cc1ccc(C)cc1. The van der Waals surface area contributed by atoms with Crippen molar-refractivity contribution in [1.29, 1.82) is 0 Å². The number of hydrogen-bond donors (Lipinski definition) is 1. The maximum atomic E-state index is 3.81. The summed E-state index contributed by atoms with van der Waals surface area (Å²) in [5.74, 6) is 2.55. The molecule has 21 heavy (non-hydrogen) atoms. The second kappa shape index (κ2) is 7.98. The van der Waals surface area contributed by atoms with Crippen molar-refractivity contribution >= 4 is 0 Å². The van der Waals surface area contributed by atoms with Crippen LogP contribution in [0.4, 0.5) is 0 Å². The quantitative estimate of drug-likeness (QED) is 0.778. The smallest absolute Gasteiger partial charge is 0.00987 e. The zero-order chi connectivity index (χ0) is 15.2. The van der Waals surface area contributed by atoms with E-state index in [0.717, 1.165) is 23.8 Å². The topological polar surface area (TPSA) is 12.0 Å². The van der Waals surface area contributed by atoms with Crippen LogP contribution >= 0.6 is 0 Å². The van der Waals surface area contributed by atoms with E-state index in [2.05, 4.69) is 57.3 Å². The lowest BCUT2D eigenvalue weighted by atomic mass is 9.71. The largest absolute Gasteiger partial charge is 0.314 e. The molecule has 1 nitrogen and oxygen atoms in total. The van der Waals surface area contributed by atoms with Crippen LogP contribution in [-0.2, 0) is 6.42 Å². The third-order valence-electron chi connectivity index (χ3n) is 5.24. The lowest BCUT2D eigenvalue weighted by Crippen LogP contribution is -2.42. The van der Waals surface area contributed by atoms with E-state index in [4.69, 9.17) is 0 Å². The molecule has 118 valence electrons. The van der Waals surface area contributed by atoms with Crippen LogP contribution < -0.4 is 5.32 Å². The summed E-state index contributed by atoms with van der Waals surface area (Å²) in [4.78, 5) is 0. The third kappa shape index (κ3) is 4.85. The molecule has 1 aromatic rings. The van der Waals surface area contributed by atoms with Gasteiger partial charge in [-0.3, -0.25) is 0 Å². The van der Waals surface area contributed by atoms with Gasteiger partial charge in [0.2, 0.25) is 0 Å². The van der Waals surface area contributed by atoms with Gasteiger partial charge in [-0.25, -0.2) is 0 Å². The van der Waals surface area contributed by atoms with Gasteiger partial charge in [0.25, 0.3) is 0 Å². The molecule has 0 bridgehead atoms. The Hall–Kier alpha value is -0.820. The minimum atomic E-state index is 0.723. The Balaban J connectivity index is 2.03. The number of benzene rings is 1. The Labute approximate surface area is 131 Å². The first-order valence-electron chi connectivity index (χ1n) is 8.89. The minimum Gasteiger partial charge on any atom is -0.314 e. The molecule has 3 atom stereocenters. The van der Waals surface area contributed by atoms with Crippen LogP contribution in [0.5, 0.6) is 0 Å². The number of hydrogen-bond acceptors (Lipinski definition) is 1. The summed E-state index contributed by atoms with van der Waals surface area (Å²) in [6.07, 6.45) is 6.64. The molecule has 1 aliphatic carbocycles. The number of rotatable bonds is 6. The number of nitrogens with one attached hydrogen (secondary N) is 1. The highest BCUT2D eigenvalue weighted by atomic mass is 14.9. The third-order valence-corrected chi connectivity index (χ3v) is 5.24. The van der Waals surface area contributed by atoms with Gasteiger partial charge in [0.15, 0.2) is 0 Å². The average Bonchev–Trinajstić information content (AvgIpc) is 2.48. The highest BCUT2D eigenvalue weighted by Crippen LogP contribution is 2.35. The summed E-state index contributed by atoms with van der Waals surface area (Å²) >= 11 is 0. The van der Waals surface area contributed by atoms with E-state index in [-0.39, 0.29) is 0 Å². The molecule has 1 aromatic carbocycles. The van der Waals surface area contributed by atoms with Crippen molar-refractivity contribution in [2.75, 3.05) is 6.54 Å². The molecular weight excluding hydrogens is 254 g/mol. The summed E-state index contributed by atoms with van der Waals surface area (Å²) in [7, 11) is 0. The first-order chi connectivity index (χ1) is 10.1. The fourth-order valence-corrected chi connectivity index (χ4v) is 3.76. The van der Waals surface area contributed by atoms with E-state index in [1.165, 1.54) is 49.8 Å². The first-order valence-corrected chi connectivity index (χ1v) is 8.89. The van der Waals surface area contributed by atoms with Crippen LogP contribution in [0.2, 0.25) is 0 Å². The predicted molar refractivity (Wildman–Crippen MR) is 92.6 cm³/mol. The fourth-order valence-electron chi connectivity index (χ4n) is 3.76. The van der Waals surface area contributed by atoms with Crippen LogP contribution in [0.15, 0.2) is 24.3 Å². The Morgan fingerprint density at radius 1 is 1.14 bits per heavy atom. The number of aryl methyl sites for hydroxylation is 1. The van der Waals surface area contributed by atoms with Crippen molar-refractivity contribution in [2.24, 2.45) is 17.8 Å². The summed E-state index contributed by atoms with van der Waals surface area (Å²) < 4.78 is 0. The zero-order valence-electron chi connectivity index (χ0n) is 14.4. The maximum absolute atomic E-state index is 3.81. The molecule has 1 N–H and O–H groups in total. The molecule has 1 heteroatoms. The van der Waals surface area contributed by atoms with Gasteiger partial charge in [-0.2, -0.15) is 0 Å². The standard InChI is InChI=1S/C20H33N/c1-5-12-21-20-11-10-18(15(2)3)14-19(20)13-17-8-6-16(4)7-9-17/h6-9,15,18-21H,5,10-14H2,1-4H3.